The van der Waals surface area contributed by atoms with Gasteiger partial charge in [0.25, 0.3) is 11.8 Å². The zero-order chi connectivity index (χ0) is 19.1. The molecule has 0 bridgehead atoms. The molecule has 0 saturated heterocycles. The summed E-state index contributed by atoms with van der Waals surface area (Å²) in [5, 5.41) is 5.40. The number of furan rings is 1. The highest BCUT2D eigenvalue weighted by Gasteiger charge is 2.12. The first kappa shape index (κ1) is 18.3. The van der Waals surface area contributed by atoms with Gasteiger partial charge in [0.15, 0.2) is 0 Å². The molecule has 0 atom stereocenters. The summed E-state index contributed by atoms with van der Waals surface area (Å²) in [7, 11) is 0. The molecule has 7 heteroatoms. The SMILES string of the molecule is O=C(NCCc1ccccc1F)c1cncc(C(=O)NCc2ccco2)c1. The van der Waals surface area contributed by atoms with Crippen molar-refractivity contribution in [2.75, 3.05) is 6.54 Å². The third-order valence-corrected chi connectivity index (χ3v) is 3.90. The van der Waals surface area contributed by atoms with E-state index in [9.17, 15) is 14.0 Å². The van der Waals surface area contributed by atoms with Crippen molar-refractivity contribution in [2.24, 2.45) is 0 Å². The molecule has 3 rings (SSSR count). The van der Waals surface area contributed by atoms with Gasteiger partial charge in [0.1, 0.15) is 11.6 Å². The predicted molar refractivity (Wildman–Crippen MR) is 96.6 cm³/mol. The summed E-state index contributed by atoms with van der Waals surface area (Å²) in [6.07, 6.45) is 4.65. The predicted octanol–water partition coefficient (Wildman–Crippen LogP) is 2.72. The summed E-state index contributed by atoms with van der Waals surface area (Å²) < 4.78 is 18.7. The number of halogens is 1. The highest BCUT2D eigenvalue weighted by Crippen LogP contribution is 2.07. The standard InChI is InChI=1S/C20H18FN3O3/c21-18-6-2-1-4-14(18)7-8-23-19(25)15-10-16(12-22-11-15)20(26)24-13-17-5-3-9-27-17/h1-6,9-12H,7-8,13H2,(H,23,25)(H,24,26). The molecule has 1 aromatic carbocycles. The van der Waals surface area contributed by atoms with Crippen LogP contribution in [0.2, 0.25) is 0 Å². The van der Waals surface area contributed by atoms with Crippen molar-refractivity contribution in [3.63, 3.8) is 0 Å². The number of carbonyl (C=O) groups excluding carboxylic acids is 2. The molecule has 3 aromatic rings. The van der Waals surface area contributed by atoms with E-state index in [0.29, 0.717) is 17.7 Å². The molecule has 27 heavy (non-hydrogen) atoms. The minimum Gasteiger partial charge on any atom is -0.467 e. The fourth-order valence-electron chi connectivity index (χ4n) is 2.48. The van der Waals surface area contributed by atoms with Crippen molar-refractivity contribution in [2.45, 2.75) is 13.0 Å². The Morgan fingerprint density at radius 2 is 1.74 bits per heavy atom. The van der Waals surface area contributed by atoms with Crippen LogP contribution in [0.25, 0.3) is 0 Å². The summed E-state index contributed by atoms with van der Waals surface area (Å²) in [5.41, 5.74) is 1.06. The molecule has 2 aromatic heterocycles. The average molecular weight is 367 g/mol. The van der Waals surface area contributed by atoms with Crippen LogP contribution in [0.3, 0.4) is 0 Å². The van der Waals surface area contributed by atoms with E-state index in [1.807, 2.05) is 0 Å². The number of carbonyl (C=O) groups is 2. The average Bonchev–Trinajstić information content (AvgIpc) is 3.21. The van der Waals surface area contributed by atoms with Gasteiger partial charge in [-0.1, -0.05) is 18.2 Å². The van der Waals surface area contributed by atoms with Gasteiger partial charge in [0.2, 0.25) is 0 Å². The van der Waals surface area contributed by atoms with E-state index < -0.39 is 0 Å². The number of benzene rings is 1. The summed E-state index contributed by atoms with van der Waals surface area (Å²) in [4.78, 5) is 28.4. The lowest BCUT2D eigenvalue weighted by Crippen LogP contribution is -2.27. The highest BCUT2D eigenvalue weighted by molar-refractivity contribution is 5.99. The quantitative estimate of drug-likeness (QED) is 0.672. The number of hydrogen-bond donors (Lipinski definition) is 2. The van der Waals surface area contributed by atoms with E-state index in [2.05, 4.69) is 15.6 Å². The summed E-state index contributed by atoms with van der Waals surface area (Å²) in [5.74, 6) is -0.415. The molecule has 2 N–H and O–H groups in total. The Morgan fingerprint density at radius 3 is 2.44 bits per heavy atom. The van der Waals surface area contributed by atoms with Gasteiger partial charge in [-0.25, -0.2) is 4.39 Å². The Balaban J connectivity index is 1.55. The van der Waals surface area contributed by atoms with E-state index in [4.69, 9.17) is 4.42 Å². The lowest BCUT2D eigenvalue weighted by atomic mass is 10.1. The fraction of sp³-hybridized carbons (Fsp3) is 0.150. The molecule has 138 valence electrons. The molecule has 0 spiro atoms. The monoisotopic (exact) mass is 367 g/mol. The number of aromatic nitrogens is 1. The summed E-state index contributed by atoms with van der Waals surface area (Å²) in [6, 6.07) is 11.4. The van der Waals surface area contributed by atoms with Crippen LogP contribution in [0.4, 0.5) is 4.39 Å². The molecule has 2 amide bonds. The van der Waals surface area contributed by atoms with E-state index in [1.165, 1.54) is 30.8 Å². The van der Waals surface area contributed by atoms with Gasteiger partial charge in [-0.3, -0.25) is 14.6 Å². The fourth-order valence-corrected chi connectivity index (χ4v) is 2.48. The molecule has 2 heterocycles. The van der Waals surface area contributed by atoms with Crippen LogP contribution >= 0.6 is 0 Å². The maximum absolute atomic E-state index is 13.6. The molecule has 0 aliphatic carbocycles. The minimum atomic E-state index is -0.375. The first-order valence-electron chi connectivity index (χ1n) is 8.41. The Labute approximate surface area is 155 Å². The Morgan fingerprint density at radius 1 is 1.00 bits per heavy atom. The van der Waals surface area contributed by atoms with Gasteiger partial charge in [-0.15, -0.1) is 0 Å². The van der Waals surface area contributed by atoms with Gasteiger partial charge in [-0.2, -0.15) is 0 Å². The van der Waals surface area contributed by atoms with E-state index in [0.717, 1.165) is 0 Å². The van der Waals surface area contributed by atoms with Crippen LogP contribution in [-0.4, -0.2) is 23.3 Å². The Bertz CT molecular complexity index is 926. The third-order valence-electron chi connectivity index (χ3n) is 3.90. The van der Waals surface area contributed by atoms with Crippen LogP contribution < -0.4 is 10.6 Å². The van der Waals surface area contributed by atoms with Crippen molar-refractivity contribution in [1.82, 2.24) is 15.6 Å². The highest BCUT2D eigenvalue weighted by atomic mass is 19.1. The Hall–Kier alpha value is -3.48. The van der Waals surface area contributed by atoms with Crippen molar-refractivity contribution in [1.29, 1.82) is 0 Å². The minimum absolute atomic E-state index is 0.241. The first-order valence-corrected chi connectivity index (χ1v) is 8.41. The number of pyridine rings is 1. The number of nitrogens with zero attached hydrogens (tertiary/aromatic N) is 1. The van der Waals surface area contributed by atoms with Gasteiger partial charge in [0.05, 0.1) is 23.9 Å². The van der Waals surface area contributed by atoms with Crippen LogP contribution in [0.1, 0.15) is 32.0 Å². The number of hydrogen-bond acceptors (Lipinski definition) is 4. The Kier molecular flexibility index (Phi) is 5.94. The molecule has 0 saturated carbocycles. The zero-order valence-corrected chi connectivity index (χ0v) is 14.4. The van der Waals surface area contributed by atoms with Crippen molar-refractivity contribution in [3.05, 3.63) is 89.4 Å². The molecule has 6 nitrogen and oxygen atoms in total. The molecule has 0 fully saturated rings. The van der Waals surface area contributed by atoms with Gasteiger partial charge in [0, 0.05) is 18.9 Å². The summed E-state index contributed by atoms with van der Waals surface area (Å²) >= 11 is 0. The third kappa shape index (κ3) is 5.01. The largest absolute Gasteiger partial charge is 0.467 e. The van der Waals surface area contributed by atoms with E-state index in [-0.39, 0.29) is 41.8 Å². The van der Waals surface area contributed by atoms with Crippen molar-refractivity contribution >= 4 is 11.8 Å². The lowest BCUT2D eigenvalue weighted by Gasteiger charge is -2.08. The smallest absolute Gasteiger partial charge is 0.253 e. The lowest BCUT2D eigenvalue weighted by molar-refractivity contribution is 0.0947. The second kappa shape index (κ2) is 8.75. The van der Waals surface area contributed by atoms with Gasteiger partial charge < -0.3 is 15.1 Å². The van der Waals surface area contributed by atoms with Crippen molar-refractivity contribution in [3.8, 4) is 0 Å². The topological polar surface area (TPSA) is 84.2 Å². The summed E-state index contributed by atoms with van der Waals surface area (Å²) in [6.45, 7) is 0.513. The van der Waals surface area contributed by atoms with Crippen molar-refractivity contribution < 1.29 is 18.4 Å². The maximum atomic E-state index is 13.6. The van der Waals surface area contributed by atoms with Crippen LogP contribution in [0.5, 0.6) is 0 Å². The van der Waals surface area contributed by atoms with Gasteiger partial charge >= 0.3 is 0 Å². The number of rotatable bonds is 7. The zero-order valence-electron chi connectivity index (χ0n) is 14.4. The molecular weight excluding hydrogens is 349 g/mol. The molecule has 0 radical (unpaired) electrons. The number of amides is 2. The molecule has 0 aliphatic rings. The van der Waals surface area contributed by atoms with E-state index >= 15 is 0 Å². The second-order valence-corrected chi connectivity index (χ2v) is 5.82. The molecule has 0 unspecified atom stereocenters. The number of nitrogens with one attached hydrogen (secondary N) is 2. The normalized spacial score (nSPS) is 10.4. The molecular formula is C20H18FN3O3. The van der Waals surface area contributed by atoms with Gasteiger partial charge in [-0.05, 0) is 36.2 Å². The maximum Gasteiger partial charge on any atom is 0.253 e. The second-order valence-electron chi connectivity index (χ2n) is 5.82. The van der Waals surface area contributed by atoms with Crippen LogP contribution in [0.15, 0.2) is 65.5 Å². The first-order chi connectivity index (χ1) is 13.1. The van der Waals surface area contributed by atoms with E-state index in [1.54, 1.807) is 30.3 Å². The van der Waals surface area contributed by atoms with Crippen LogP contribution in [-0.2, 0) is 13.0 Å². The molecule has 0 aliphatic heterocycles. The van der Waals surface area contributed by atoms with Crippen LogP contribution in [0, 0.1) is 5.82 Å².